The van der Waals surface area contributed by atoms with Gasteiger partial charge in [-0.3, -0.25) is 19.3 Å². The minimum absolute atomic E-state index is 0.0406. The van der Waals surface area contributed by atoms with Crippen LogP contribution in [0.15, 0.2) is 60.7 Å². The lowest BCUT2D eigenvalue weighted by Gasteiger charge is -2.40. The summed E-state index contributed by atoms with van der Waals surface area (Å²) in [5.41, 5.74) is 2.51. The Bertz CT molecular complexity index is 1010. The zero-order valence-corrected chi connectivity index (χ0v) is 23.3. The second-order valence-electron chi connectivity index (χ2n) is 10.6. The molecule has 2 aromatic carbocycles. The summed E-state index contributed by atoms with van der Waals surface area (Å²) in [4.78, 5) is 44.5. The van der Waals surface area contributed by atoms with Gasteiger partial charge in [-0.15, -0.1) is 0 Å². The van der Waals surface area contributed by atoms with E-state index in [0.717, 1.165) is 38.8 Å². The smallest absolute Gasteiger partial charge is 0.306 e. The van der Waals surface area contributed by atoms with Crippen LogP contribution in [0.2, 0.25) is 0 Å². The van der Waals surface area contributed by atoms with Crippen LogP contribution in [0.3, 0.4) is 0 Å². The van der Waals surface area contributed by atoms with Crippen LogP contribution < -0.4 is 0 Å². The Kier molecular flexibility index (Phi) is 11.0. The second kappa shape index (κ2) is 14.8. The molecule has 39 heavy (non-hydrogen) atoms. The molecule has 2 aromatic rings. The average molecular weight is 534 g/mol. The van der Waals surface area contributed by atoms with Gasteiger partial charge < -0.3 is 14.5 Å². The Hall–Kier alpha value is -3.19. The first-order chi connectivity index (χ1) is 19.1. The van der Waals surface area contributed by atoms with Gasteiger partial charge in [0.15, 0.2) is 0 Å². The third-order valence-corrected chi connectivity index (χ3v) is 8.01. The SMILES string of the molecule is CCOC(=O)CCC(=O)N(CCC(=O)N1CCN(C(c2ccccc2)c2ccccc2)CC1)C1CCCCC1. The Morgan fingerprint density at radius 2 is 1.41 bits per heavy atom. The van der Waals surface area contributed by atoms with E-state index < -0.39 is 0 Å². The molecule has 7 heteroatoms. The second-order valence-corrected chi connectivity index (χ2v) is 10.6. The third-order valence-electron chi connectivity index (χ3n) is 8.01. The number of benzene rings is 2. The summed E-state index contributed by atoms with van der Waals surface area (Å²) in [6, 6.07) is 21.4. The monoisotopic (exact) mass is 533 g/mol. The number of carbonyl (C=O) groups excluding carboxylic acids is 3. The lowest BCUT2D eigenvalue weighted by molar-refractivity contribution is -0.146. The van der Waals surface area contributed by atoms with Gasteiger partial charge in [0, 0.05) is 51.6 Å². The van der Waals surface area contributed by atoms with Gasteiger partial charge in [-0.25, -0.2) is 0 Å². The quantitative estimate of drug-likeness (QED) is 0.388. The molecular weight excluding hydrogens is 490 g/mol. The van der Waals surface area contributed by atoms with Crippen molar-refractivity contribution in [3.05, 3.63) is 71.8 Å². The van der Waals surface area contributed by atoms with Gasteiger partial charge >= 0.3 is 5.97 Å². The van der Waals surface area contributed by atoms with E-state index in [9.17, 15) is 14.4 Å². The van der Waals surface area contributed by atoms with Crippen LogP contribution in [-0.2, 0) is 19.1 Å². The fourth-order valence-corrected chi connectivity index (χ4v) is 5.98. The van der Waals surface area contributed by atoms with Gasteiger partial charge in [0.05, 0.1) is 19.1 Å². The minimum Gasteiger partial charge on any atom is -0.466 e. The molecule has 2 fully saturated rings. The van der Waals surface area contributed by atoms with Gasteiger partial charge in [-0.05, 0) is 30.9 Å². The highest BCUT2D eigenvalue weighted by molar-refractivity contribution is 5.82. The Balaban J connectivity index is 1.34. The van der Waals surface area contributed by atoms with Gasteiger partial charge in [-0.1, -0.05) is 79.9 Å². The Morgan fingerprint density at radius 1 is 0.821 bits per heavy atom. The standard InChI is InChI=1S/C32H43N3O4/c1-2-39-31(38)19-18-30(37)35(28-16-10-5-11-17-28)21-20-29(36)33-22-24-34(25-23-33)32(26-12-6-3-7-13-26)27-14-8-4-9-15-27/h3-4,6-9,12-15,28,32H,2,5,10-11,16-25H2,1H3. The molecule has 0 radical (unpaired) electrons. The minimum atomic E-state index is -0.340. The molecule has 2 amide bonds. The molecule has 0 aromatic heterocycles. The van der Waals surface area contributed by atoms with E-state index in [-0.39, 0.29) is 42.7 Å². The molecule has 4 rings (SSSR count). The van der Waals surface area contributed by atoms with Crippen LogP contribution in [0.5, 0.6) is 0 Å². The van der Waals surface area contributed by atoms with E-state index in [2.05, 4.69) is 53.4 Å². The van der Waals surface area contributed by atoms with Gasteiger partial charge in [0.2, 0.25) is 11.8 Å². The van der Waals surface area contributed by atoms with Crippen LogP contribution in [0.4, 0.5) is 0 Å². The molecule has 1 saturated heterocycles. The van der Waals surface area contributed by atoms with E-state index in [1.54, 1.807) is 6.92 Å². The molecule has 0 spiro atoms. The van der Waals surface area contributed by atoms with Gasteiger partial charge in [0.25, 0.3) is 0 Å². The molecule has 7 nitrogen and oxygen atoms in total. The number of piperazine rings is 1. The predicted molar refractivity (Wildman–Crippen MR) is 152 cm³/mol. The van der Waals surface area contributed by atoms with Crippen molar-refractivity contribution in [2.75, 3.05) is 39.3 Å². The fraction of sp³-hybridized carbons (Fsp3) is 0.531. The molecule has 1 aliphatic heterocycles. The Morgan fingerprint density at radius 3 is 1.97 bits per heavy atom. The van der Waals surface area contributed by atoms with E-state index in [0.29, 0.717) is 32.7 Å². The van der Waals surface area contributed by atoms with Crippen molar-refractivity contribution in [3.63, 3.8) is 0 Å². The maximum absolute atomic E-state index is 13.3. The van der Waals surface area contributed by atoms with Crippen molar-refractivity contribution in [2.24, 2.45) is 0 Å². The number of esters is 1. The van der Waals surface area contributed by atoms with Crippen molar-refractivity contribution in [1.29, 1.82) is 0 Å². The van der Waals surface area contributed by atoms with E-state index in [1.807, 2.05) is 21.9 Å². The lowest BCUT2D eigenvalue weighted by Crippen LogP contribution is -2.51. The zero-order valence-electron chi connectivity index (χ0n) is 23.3. The molecule has 1 saturated carbocycles. The van der Waals surface area contributed by atoms with Gasteiger partial charge in [0.1, 0.15) is 0 Å². The van der Waals surface area contributed by atoms with Crippen molar-refractivity contribution >= 4 is 17.8 Å². The number of carbonyl (C=O) groups is 3. The highest BCUT2D eigenvalue weighted by Gasteiger charge is 2.30. The summed E-state index contributed by atoms with van der Waals surface area (Å²) < 4.78 is 5.00. The molecule has 2 aliphatic rings. The summed E-state index contributed by atoms with van der Waals surface area (Å²) in [5.74, 6) is -0.279. The molecule has 0 bridgehead atoms. The van der Waals surface area contributed by atoms with Crippen molar-refractivity contribution in [2.45, 2.75) is 70.4 Å². The predicted octanol–water partition coefficient (Wildman–Crippen LogP) is 4.81. The summed E-state index contributed by atoms with van der Waals surface area (Å²) in [6.45, 7) is 5.45. The highest BCUT2D eigenvalue weighted by Crippen LogP contribution is 2.30. The summed E-state index contributed by atoms with van der Waals surface area (Å²) >= 11 is 0. The van der Waals surface area contributed by atoms with Crippen molar-refractivity contribution < 1.29 is 19.1 Å². The van der Waals surface area contributed by atoms with Crippen LogP contribution in [-0.4, -0.2) is 77.9 Å². The van der Waals surface area contributed by atoms with Crippen LogP contribution in [0.1, 0.15) is 75.5 Å². The number of amides is 2. The summed E-state index contributed by atoms with van der Waals surface area (Å²) in [5, 5.41) is 0. The van der Waals surface area contributed by atoms with Crippen LogP contribution in [0, 0.1) is 0 Å². The molecule has 0 N–H and O–H groups in total. The third kappa shape index (κ3) is 8.15. The fourth-order valence-electron chi connectivity index (χ4n) is 5.98. The molecule has 1 aliphatic carbocycles. The number of rotatable bonds is 11. The molecule has 1 heterocycles. The Labute approximate surface area is 233 Å². The van der Waals surface area contributed by atoms with Crippen LogP contribution >= 0.6 is 0 Å². The largest absolute Gasteiger partial charge is 0.466 e. The number of nitrogens with zero attached hydrogens (tertiary/aromatic N) is 3. The normalized spacial score (nSPS) is 16.7. The summed E-state index contributed by atoms with van der Waals surface area (Å²) in [6.07, 6.45) is 5.90. The zero-order chi connectivity index (χ0) is 27.5. The van der Waals surface area contributed by atoms with E-state index >= 15 is 0 Å². The number of ether oxygens (including phenoxy) is 1. The van der Waals surface area contributed by atoms with E-state index in [4.69, 9.17) is 4.74 Å². The van der Waals surface area contributed by atoms with E-state index in [1.165, 1.54) is 17.5 Å². The lowest BCUT2D eigenvalue weighted by atomic mass is 9.93. The maximum atomic E-state index is 13.3. The first-order valence-electron chi connectivity index (χ1n) is 14.6. The number of hydrogen-bond donors (Lipinski definition) is 0. The van der Waals surface area contributed by atoms with Crippen molar-refractivity contribution in [1.82, 2.24) is 14.7 Å². The topological polar surface area (TPSA) is 70.2 Å². The maximum Gasteiger partial charge on any atom is 0.306 e. The van der Waals surface area contributed by atoms with Crippen LogP contribution in [0.25, 0.3) is 0 Å². The molecular formula is C32H43N3O4. The highest BCUT2D eigenvalue weighted by atomic mass is 16.5. The summed E-state index contributed by atoms with van der Waals surface area (Å²) in [7, 11) is 0. The molecule has 0 unspecified atom stereocenters. The molecule has 210 valence electrons. The number of hydrogen-bond acceptors (Lipinski definition) is 5. The molecule has 0 atom stereocenters. The first kappa shape index (κ1) is 28.8. The van der Waals surface area contributed by atoms with Crippen molar-refractivity contribution in [3.8, 4) is 0 Å². The average Bonchev–Trinajstić information content (AvgIpc) is 2.98. The first-order valence-corrected chi connectivity index (χ1v) is 14.6. The van der Waals surface area contributed by atoms with Gasteiger partial charge in [-0.2, -0.15) is 0 Å².